The minimum absolute atomic E-state index is 0.00893. The average molecular weight is 543 g/mol. The number of ketones is 3. The van der Waals surface area contributed by atoms with Crippen molar-refractivity contribution in [2.45, 2.75) is 64.0 Å². The number of amides is 1. The van der Waals surface area contributed by atoms with Crippen LogP contribution in [0.5, 0.6) is 5.75 Å². The van der Waals surface area contributed by atoms with Gasteiger partial charge in [0.05, 0.1) is 39.5 Å². The Morgan fingerprint density at radius 3 is 2.36 bits per heavy atom. The Morgan fingerprint density at radius 2 is 1.77 bits per heavy atom. The summed E-state index contributed by atoms with van der Waals surface area (Å²) in [6.07, 6.45) is 3.31. The van der Waals surface area contributed by atoms with Gasteiger partial charge in [0.1, 0.15) is 17.1 Å². The van der Waals surface area contributed by atoms with E-state index in [0.717, 1.165) is 18.4 Å². The third-order valence-electron chi connectivity index (χ3n) is 8.02. The van der Waals surface area contributed by atoms with E-state index in [9.17, 15) is 19.2 Å². The van der Waals surface area contributed by atoms with Gasteiger partial charge in [-0.3, -0.25) is 24.1 Å². The number of methoxy groups -OCH3 is 1. The van der Waals surface area contributed by atoms with E-state index in [1.165, 1.54) is 0 Å². The summed E-state index contributed by atoms with van der Waals surface area (Å²) in [7, 11) is 1.59. The summed E-state index contributed by atoms with van der Waals surface area (Å²) in [5, 5.41) is 2.92. The fraction of sp³-hybridized carbons (Fsp3) is 0.667. The van der Waals surface area contributed by atoms with E-state index in [1.807, 2.05) is 29.2 Å². The molecule has 1 saturated carbocycles. The molecule has 4 atom stereocenters. The number of carbonyl (C=O) groups excluding carboxylic acids is 4. The molecular formula is C30H42N2O7. The number of rotatable bonds is 16. The molecule has 2 aliphatic heterocycles. The summed E-state index contributed by atoms with van der Waals surface area (Å²) >= 11 is 0. The fourth-order valence-corrected chi connectivity index (χ4v) is 5.17. The van der Waals surface area contributed by atoms with Crippen LogP contribution in [0.1, 0.15) is 51.5 Å². The number of nitrogens with one attached hydrogen (secondary N) is 1. The molecule has 1 aliphatic carbocycles. The number of carbonyl (C=O) groups is 4. The zero-order valence-electron chi connectivity index (χ0n) is 23.4. The Kier molecular flexibility index (Phi) is 9.91. The predicted molar refractivity (Wildman–Crippen MR) is 144 cm³/mol. The molecule has 9 nitrogen and oxygen atoms in total. The van der Waals surface area contributed by atoms with Gasteiger partial charge in [-0.25, -0.2) is 0 Å². The SMILES string of the molecule is COc1ccc(C[C@H](NC(=O)[C@H](C)CC(=O)CN2CCOCC2)C(=O)C[C@@H](CC2CC2)C(=O)[C@@]2(C)CO2)cc1. The first-order valence-corrected chi connectivity index (χ1v) is 14.1. The maximum Gasteiger partial charge on any atom is 0.223 e. The van der Waals surface area contributed by atoms with Crippen LogP contribution >= 0.6 is 0 Å². The lowest BCUT2D eigenvalue weighted by molar-refractivity contribution is -0.134. The first-order valence-electron chi connectivity index (χ1n) is 14.1. The third kappa shape index (κ3) is 8.68. The fourth-order valence-electron chi connectivity index (χ4n) is 5.17. The van der Waals surface area contributed by atoms with Crippen molar-refractivity contribution in [3.63, 3.8) is 0 Å². The third-order valence-corrected chi connectivity index (χ3v) is 8.02. The normalized spacial score (nSPS) is 23.4. The second kappa shape index (κ2) is 13.2. The molecule has 4 rings (SSSR count). The Labute approximate surface area is 230 Å². The second-order valence-corrected chi connectivity index (χ2v) is 11.6. The highest BCUT2D eigenvalue weighted by Crippen LogP contribution is 2.40. The molecule has 1 aromatic rings. The molecule has 0 aromatic heterocycles. The zero-order valence-corrected chi connectivity index (χ0v) is 23.4. The van der Waals surface area contributed by atoms with Crippen molar-refractivity contribution in [3.05, 3.63) is 29.8 Å². The number of morpholine rings is 1. The summed E-state index contributed by atoms with van der Waals surface area (Å²) in [5.41, 5.74) is 0.0808. The standard InChI is InChI=1S/C30H42N2O7/c1-20(14-24(33)18-32-10-12-38-13-11-32)29(36)31-26(16-22-6-8-25(37-3)9-7-22)27(34)17-23(15-21-4-5-21)28(35)30(2)19-39-30/h6-9,20-21,23,26H,4-5,10-19H2,1-3H3,(H,31,36)/t20-,23-,26+,30-/m1/s1. The monoisotopic (exact) mass is 542 g/mol. The number of Topliss-reactive ketones (excluding diaryl/α,β-unsaturated/α-hetero) is 3. The molecule has 1 amide bonds. The Bertz CT molecular complexity index is 1030. The molecule has 0 bridgehead atoms. The number of hydrogen-bond donors (Lipinski definition) is 1. The molecule has 0 radical (unpaired) electrons. The van der Waals surface area contributed by atoms with Gasteiger partial charge in [0.25, 0.3) is 0 Å². The largest absolute Gasteiger partial charge is 0.497 e. The topological polar surface area (TPSA) is 115 Å². The smallest absolute Gasteiger partial charge is 0.223 e. The first kappa shape index (κ1) is 29.4. The van der Waals surface area contributed by atoms with Crippen molar-refractivity contribution in [3.8, 4) is 5.75 Å². The Morgan fingerprint density at radius 1 is 1.10 bits per heavy atom. The van der Waals surface area contributed by atoms with Crippen LogP contribution in [0, 0.1) is 17.8 Å². The predicted octanol–water partition coefficient (Wildman–Crippen LogP) is 2.38. The second-order valence-electron chi connectivity index (χ2n) is 11.6. The van der Waals surface area contributed by atoms with E-state index in [1.54, 1.807) is 21.0 Å². The van der Waals surface area contributed by atoms with E-state index in [4.69, 9.17) is 14.2 Å². The highest BCUT2D eigenvalue weighted by Gasteiger charge is 2.50. The minimum atomic E-state index is -0.801. The summed E-state index contributed by atoms with van der Waals surface area (Å²) in [4.78, 5) is 54.7. The van der Waals surface area contributed by atoms with Crippen LogP contribution < -0.4 is 10.1 Å². The number of nitrogens with zero attached hydrogens (tertiary/aromatic N) is 1. The van der Waals surface area contributed by atoms with Gasteiger partial charge in [0, 0.05) is 37.8 Å². The molecule has 2 saturated heterocycles. The highest BCUT2D eigenvalue weighted by molar-refractivity contribution is 5.97. The van der Waals surface area contributed by atoms with Gasteiger partial charge in [-0.15, -0.1) is 0 Å². The number of benzene rings is 1. The lowest BCUT2D eigenvalue weighted by Crippen LogP contribution is -2.46. The van der Waals surface area contributed by atoms with E-state index in [2.05, 4.69) is 5.32 Å². The van der Waals surface area contributed by atoms with Gasteiger partial charge in [-0.05, 0) is 43.4 Å². The van der Waals surface area contributed by atoms with Crippen molar-refractivity contribution >= 4 is 23.3 Å². The molecule has 0 spiro atoms. The van der Waals surface area contributed by atoms with Gasteiger partial charge < -0.3 is 19.5 Å². The molecule has 9 heteroatoms. The summed E-state index contributed by atoms with van der Waals surface area (Å²) in [6.45, 7) is 6.80. The van der Waals surface area contributed by atoms with Crippen LogP contribution in [-0.2, 0) is 35.1 Å². The van der Waals surface area contributed by atoms with Crippen LogP contribution in [0.4, 0.5) is 0 Å². The molecular weight excluding hydrogens is 500 g/mol. The molecule has 3 aliphatic rings. The van der Waals surface area contributed by atoms with Crippen LogP contribution in [-0.4, -0.2) is 86.4 Å². The molecule has 0 unspecified atom stereocenters. The lowest BCUT2D eigenvalue weighted by atomic mass is 9.84. The maximum absolute atomic E-state index is 13.7. The van der Waals surface area contributed by atoms with Gasteiger partial charge in [0.15, 0.2) is 11.6 Å². The quantitative estimate of drug-likeness (QED) is 0.317. The zero-order chi connectivity index (χ0) is 28.0. The van der Waals surface area contributed by atoms with Crippen LogP contribution in [0.3, 0.4) is 0 Å². The van der Waals surface area contributed by atoms with Crippen molar-refractivity contribution < 1.29 is 33.4 Å². The van der Waals surface area contributed by atoms with Gasteiger partial charge in [-0.1, -0.05) is 31.9 Å². The van der Waals surface area contributed by atoms with Gasteiger partial charge in [0.2, 0.25) is 5.91 Å². The molecule has 1 aromatic carbocycles. The minimum Gasteiger partial charge on any atom is -0.497 e. The Hall–Kier alpha value is -2.62. The molecule has 1 N–H and O–H groups in total. The van der Waals surface area contributed by atoms with E-state index in [-0.39, 0.29) is 36.1 Å². The van der Waals surface area contributed by atoms with Crippen LogP contribution in [0.2, 0.25) is 0 Å². The van der Waals surface area contributed by atoms with E-state index < -0.39 is 23.5 Å². The highest BCUT2D eigenvalue weighted by atomic mass is 16.6. The van der Waals surface area contributed by atoms with Crippen molar-refractivity contribution in [1.29, 1.82) is 0 Å². The average Bonchev–Trinajstić information content (AvgIpc) is 3.87. The summed E-state index contributed by atoms with van der Waals surface area (Å²) < 4.78 is 16.0. The molecule has 214 valence electrons. The van der Waals surface area contributed by atoms with Crippen molar-refractivity contribution in [2.24, 2.45) is 17.8 Å². The summed E-state index contributed by atoms with van der Waals surface area (Å²) in [5.74, 6) is -0.349. The maximum atomic E-state index is 13.7. The van der Waals surface area contributed by atoms with Crippen molar-refractivity contribution in [1.82, 2.24) is 10.2 Å². The lowest BCUT2D eigenvalue weighted by Gasteiger charge is -2.26. The van der Waals surface area contributed by atoms with Crippen LogP contribution in [0.25, 0.3) is 0 Å². The van der Waals surface area contributed by atoms with Crippen LogP contribution in [0.15, 0.2) is 24.3 Å². The van der Waals surface area contributed by atoms with E-state index in [0.29, 0.717) is 64.0 Å². The molecule has 39 heavy (non-hydrogen) atoms. The van der Waals surface area contributed by atoms with E-state index >= 15 is 0 Å². The number of epoxide rings is 1. The Balaban J connectivity index is 1.41. The molecule has 2 heterocycles. The van der Waals surface area contributed by atoms with Gasteiger partial charge >= 0.3 is 0 Å². The molecule has 3 fully saturated rings. The first-order chi connectivity index (χ1) is 18.7. The summed E-state index contributed by atoms with van der Waals surface area (Å²) in [6, 6.07) is 6.57. The number of ether oxygens (including phenoxy) is 3. The number of hydrogen-bond acceptors (Lipinski definition) is 8. The van der Waals surface area contributed by atoms with Crippen molar-refractivity contribution in [2.75, 3.05) is 46.6 Å². The van der Waals surface area contributed by atoms with Gasteiger partial charge in [-0.2, -0.15) is 0 Å².